The van der Waals surface area contributed by atoms with Crippen LogP contribution in [0.1, 0.15) is 24.2 Å². The van der Waals surface area contributed by atoms with Crippen LogP contribution in [0.5, 0.6) is 0 Å². The molecule has 1 aliphatic rings. The van der Waals surface area contributed by atoms with Crippen LogP contribution in [0.3, 0.4) is 0 Å². The summed E-state index contributed by atoms with van der Waals surface area (Å²) in [5, 5.41) is 17.6. The number of carboxylic acids is 1. The number of aliphatic hydroxyl groups is 1. The van der Waals surface area contributed by atoms with E-state index in [0.717, 1.165) is 0 Å². The van der Waals surface area contributed by atoms with Gasteiger partial charge in [0.2, 0.25) is 0 Å². The van der Waals surface area contributed by atoms with Crippen molar-refractivity contribution in [3.8, 4) is 0 Å². The summed E-state index contributed by atoms with van der Waals surface area (Å²) in [5.41, 5.74) is 1.38. The van der Waals surface area contributed by atoms with E-state index < -0.39 is 5.97 Å². The van der Waals surface area contributed by atoms with Gasteiger partial charge >= 0.3 is 5.97 Å². The van der Waals surface area contributed by atoms with Gasteiger partial charge in [0.1, 0.15) is 4.32 Å². The van der Waals surface area contributed by atoms with Crippen LogP contribution in [0.25, 0.3) is 6.08 Å². The molecule has 21 heavy (non-hydrogen) atoms. The van der Waals surface area contributed by atoms with Gasteiger partial charge < -0.3 is 15.2 Å². The van der Waals surface area contributed by atoms with Crippen LogP contribution in [0.15, 0.2) is 17.0 Å². The number of amides is 1. The first-order valence-electron chi connectivity index (χ1n) is 6.27. The van der Waals surface area contributed by atoms with Crippen LogP contribution in [-0.4, -0.2) is 42.8 Å². The topological polar surface area (TPSA) is 93.6 Å². The zero-order valence-electron chi connectivity index (χ0n) is 11.0. The van der Waals surface area contributed by atoms with Crippen LogP contribution < -0.4 is 0 Å². The van der Waals surface area contributed by atoms with Crippen LogP contribution in [0, 0.1) is 0 Å². The highest BCUT2D eigenvalue weighted by molar-refractivity contribution is 8.26. The highest BCUT2D eigenvalue weighted by Gasteiger charge is 2.31. The summed E-state index contributed by atoms with van der Waals surface area (Å²) in [7, 11) is 0. The first kappa shape index (κ1) is 15.7. The van der Waals surface area contributed by atoms with Gasteiger partial charge in [0.05, 0.1) is 11.5 Å². The summed E-state index contributed by atoms with van der Waals surface area (Å²) < 4.78 is 0.436. The average molecular weight is 326 g/mol. The molecule has 112 valence electrons. The van der Waals surface area contributed by atoms with Crippen LogP contribution in [0.4, 0.5) is 0 Å². The first-order chi connectivity index (χ1) is 10.0. The molecule has 1 saturated heterocycles. The van der Waals surface area contributed by atoms with Crippen molar-refractivity contribution in [1.29, 1.82) is 0 Å². The van der Waals surface area contributed by atoms with Crippen LogP contribution >= 0.6 is 24.0 Å². The number of carboxylic acid groups (broad SMARTS) is 1. The third kappa shape index (κ3) is 3.93. The number of rotatable bonds is 6. The number of hydrogen-bond acceptors (Lipinski definition) is 5. The van der Waals surface area contributed by atoms with Gasteiger partial charge in [-0.25, -0.2) is 0 Å². The quantitative estimate of drug-likeness (QED) is 0.543. The van der Waals surface area contributed by atoms with E-state index in [-0.39, 0.29) is 18.9 Å². The summed E-state index contributed by atoms with van der Waals surface area (Å²) in [4.78, 5) is 27.6. The minimum atomic E-state index is -0.890. The molecule has 2 heterocycles. The summed E-state index contributed by atoms with van der Waals surface area (Å²) >= 11 is 6.34. The monoisotopic (exact) mass is 326 g/mol. The molecule has 0 radical (unpaired) electrons. The Morgan fingerprint density at radius 3 is 2.86 bits per heavy atom. The van der Waals surface area contributed by atoms with Gasteiger partial charge in [0, 0.05) is 24.4 Å². The maximum absolute atomic E-state index is 12.2. The molecule has 3 N–H and O–H groups in total. The number of aliphatic carboxylic acids is 1. The fraction of sp³-hybridized carbons (Fsp3) is 0.308. The standard InChI is InChI=1S/C13H14N2O4S2/c16-7-9-4-3-8(14-9)6-10-12(19)15(13(20)21-10)5-1-2-11(17)18/h3-4,6,14,16H,1-2,5,7H2,(H,17,18)/b10-6-. The highest BCUT2D eigenvalue weighted by Crippen LogP contribution is 2.32. The fourth-order valence-corrected chi connectivity index (χ4v) is 3.16. The second-order valence-corrected chi connectivity index (χ2v) is 6.10. The third-order valence-corrected chi connectivity index (χ3v) is 4.25. The number of carbonyl (C=O) groups excluding carboxylic acids is 1. The molecule has 1 fully saturated rings. The maximum atomic E-state index is 12.2. The van der Waals surface area contributed by atoms with Crippen molar-refractivity contribution in [2.24, 2.45) is 0 Å². The molecule has 0 aliphatic carbocycles. The highest BCUT2D eigenvalue weighted by atomic mass is 32.2. The zero-order valence-corrected chi connectivity index (χ0v) is 12.7. The maximum Gasteiger partial charge on any atom is 0.303 e. The number of carbonyl (C=O) groups is 2. The number of nitrogens with zero attached hydrogens (tertiary/aromatic N) is 1. The molecule has 1 aromatic heterocycles. The Balaban J connectivity index is 2.04. The Labute approximate surface area is 130 Å². The van der Waals surface area contributed by atoms with Crippen molar-refractivity contribution in [3.63, 3.8) is 0 Å². The van der Waals surface area contributed by atoms with E-state index in [1.54, 1.807) is 18.2 Å². The number of thioether (sulfide) groups is 1. The lowest BCUT2D eigenvalue weighted by Gasteiger charge is -2.13. The molecule has 1 aromatic rings. The summed E-state index contributed by atoms with van der Waals surface area (Å²) in [6, 6.07) is 3.50. The van der Waals surface area contributed by atoms with Crippen molar-refractivity contribution in [1.82, 2.24) is 9.88 Å². The van der Waals surface area contributed by atoms with Crippen LogP contribution in [0.2, 0.25) is 0 Å². The van der Waals surface area contributed by atoms with Crippen molar-refractivity contribution in [2.75, 3.05) is 6.54 Å². The lowest BCUT2D eigenvalue weighted by atomic mass is 10.3. The minimum Gasteiger partial charge on any atom is -0.481 e. The van der Waals surface area contributed by atoms with Crippen molar-refractivity contribution >= 4 is 46.3 Å². The number of nitrogens with one attached hydrogen (secondary N) is 1. The van der Waals surface area contributed by atoms with Crippen LogP contribution in [-0.2, 0) is 16.2 Å². The first-order valence-corrected chi connectivity index (χ1v) is 7.49. The predicted molar refractivity (Wildman–Crippen MR) is 83.5 cm³/mol. The summed E-state index contributed by atoms with van der Waals surface area (Å²) in [6.07, 6.45) is 2.05. The third-order valence-electron chi connectivity index (χ3n) is 2.87. The van der Waals surface area contributed by atoms with Gasteiger partial charge in [-0.05, 0) is 24.6 Å². The second kappa shape index (κ2) is 6.88. The Bertz CT molecular complexity index is 609. The normalized spacial score (nSPS) is 17.0. The Kier molecular flexibility index (Phi) is 5.16. The molecule has 1 aliphatic heterocycles. The van der Waals surface area contributed by atoms with Crippen molar-refractivity contribution < 1.29 is 19.8 Å². The van der Waals surface area contributed by atoms with Gasteiger partial charge in [-0.1, -0.05) is 24.0 Å². The number of aliphatic hydroxyl groups excluding tert-OH is 1. The van der Waals surface area contributed by atoms with Gasteiger partial charge in [0.25, 0.3) is 5.91 Å². The van der Waals surface area contributed by atoms with E-state index >= 15 is 0 Å². The molecular weight excluding hydrogens is 312 g/mol. The fourth-order valence-electron chi connectivity index (χ4n) is 1.86. The molecule has 0 unspecified atom stereocenters. The number of aromatic amines is 1. The Morgan fingerprint density at radius 2 is 2.24 bits per heavy atom. The van der Waals surface area contributed by atoms with Gasteiger partial charge in [0.15, 0.2) is 0 Å². The van der Waals surface area contributed by atoms with Gasteiger partial charge in [-0.15, -0.1) is 0 Å². The van der Waals surface area contributed by atoms with E-state index in [2.05, 4.69) is 4.98 Å². The van der Waals surface area contributed by atoms with Crippen molar-refractivity contribution in [2.45, 2.75) is 19.4 Å². The Hall–Kier alpha value is -1.64. The van der Waals surface area contributed by atoms with Crippen molar-refractivity contribution in [3.05, 3.63) is 28.4 Å². The van der Waals surface area contributed by atoms with Gasteiger partial charge in [-0.3, -0.25) is 14.5 Å². The predicted octanol–water partition coefficient (Wildman–Crippen LogP) is 1.57. The van der Waals surface area contributed by atoms with E-state index in [1.807, 2.05) is 0 Å². The molecule has 1 amide bonds. The Morgan fingerprint density at radius 1 is 1.48 bits per heavy atom. The molecule has 0 spiro atoms. The lowest BCUT2D eigenvalue weighted by Crippen LogP contribution is -2.29. The van der Waals surface area contributed by atoms with E-state index in [9.17, 15) is 9.59 Å². The molecule has 0 atom stereocenters. The molecule has 0 bridgehead atoms. The summed E-state index contributed by atoms with van der Waals surface area (Å²) in [5.74, 6) is -1.10. The zero-order chi connectivity index (χ0) is 15.4. The lowest BCUT2D eigenvalue weighted by molar-refractivity contribution is -0.137. The smallest absolute Gasteiger partial charge is 0.303 e. The number of aromatic nitrogens is 1. The largest absolute Gasteiger partial charge is 0.481 e. The number of H-pyrrole nitrogens is 1. The SMILES string of the molecule is O=C(O)CCCN1C(=O)/C(=C/c2ccc(CO)[nH]2)SC1=S. The van der Waals surface area contributed by atoms with E-state index in [1.165, 1.54) is 16.7 Å². The molecule has 2 rings (SSSR count). The van der Waals surface area contributed by atoms with E-state index in [0.29, 0.717) is 33.6 Å². The molecule has 8 heteroatoms. The molecule has 6 nitrogen and oxygen atoms in total. The molecule has 0 aromatic carbocycles. The number of hydrogen-bond donors (Lipinski definition) is 3. The average Bonchev–Trinajstić information content (AvgIpc) is 2.98. The molecule has 0 saturated carbocycles. The summed E-state index contributed by atoms with van der Waals surface area (Å²) in [6.45, 7) is 0.213. The van der Waals surface area contributed by atoms with E-state index in [4.69, 9.17) is 22.4 Å². The van der Waals surface area contributed by atoms with Gasteiger partial charge in [-0.2, -0.15) is 0 Å². The number of thiocarbonyl (C=S) groups is 1. The second-order valence-electron chi connectivity index (χ2n) is 4.43. The molecular formula is C13H14N2O4S2. The minimum absolute atomic E-state index is 0.00654.